The van der Waals surface area contributed by atoms with E-state index in [4.69, 9.17) is 0 Å². The van der Waals surface area contributed by atoms with Gasteiger partial charge >= 0.3 is 0 Å². The van der Waals surface area contributed by atoms with Crippen molar-refractivity contribution in [1.82, 2.24) is 24.6 Å². The second kappa shape index (κ2) is 11.9. The van der Waals surface area contributed by atoms with Crippen molar-refractivity contribution in [1.29, 1.82) is 0 Å². The molecular weight excluding hydrogens is 394 g/mol. The van der Waals surface area contributed by atoms with Crippen molar-refractivity contribution >= 4 is 17.9 Å². The summed E-state index contributed by atoms with van der Waals surface area (Å²) in [5.74, 6) is -0.00229. The van der Waals surface area contributed by atoms with Crippen molar-refractivity contribution in [3.8, 4) is 0 Å². The molecule has 2 aliphatic rings. The highest BCUT2D eigenvalue weighted by Crippen LogP contribution is 2.05. The zero-order chi connectivity index (χ0) is 22.1. The molecule has 170 valence electrons. The van der Waals surface area contributed by atoms with E-state index in [1.54, 1.807) is 6.20 Å². The van der Waals surface area contributed by atoms with Gasteiger partial charge < -0.3 is 25.0 Å². The SMILES string of the molecule is CN1CCN(C/C(C=O)=C/N=c2cc(NC(=O)CCN3CCNCC3)ccn2C)CC1. The van der Waals surface area contributed by atoms with Crippen LogP contribution in [0.1, 0.15) is 6.42 Å². The molecule has 2 aliphatic heterocycles. The van der Waals surface area contributed by atoms with Gasteiger partial charge in [0.15, 0.2) is 0 Å². The van der Waals surface area contributed by atoms with Crippen LogP contribution in [0.3, 0.4) is 0 Å². The Morgan fingerprint density at radius 1 is 1.13 bits per heavy atom. The Kier molecular flexibility index (Phi) is 8.96. The number of aldehydes is 1. The average Bonchev–Trinajstić information content (AvgIpc) is 2.79. The molecule has 31 heavy (non-hydrogen) atoms. The molecule has 0 aliphatic carbocycles. The van der Waals surface area contributed by atoms with Crippen LogP contribution in [-0.4, -0.2) is 104 Å². The fourth-order valence-corrected chi connectivity index (χ4v) is 3.70. The first kappa shape index (κ1) is 23.3. The summed E-state index contributed by atoms with van der Waals surface area (Å²) in [5, 5.41) is 6.28. The number of aryl methyl sites for hydroxylation is 1. The molecule has 1 aromatic heterocycles. The largest absolute Gasteiger partial charge is 0.336 e. The fraction of sp³-hybridized carbons (Fsp3) is 0.591. The molecule has 2 saturated heterocycles. The Bertz CT molecular complexity index is 835. The summed E-state index contributed by atoms with van der Waals surface area (Å²) in [6, 6.07) is 3.69. The lowest BCUT2D eigenvalue weighted by Gasteiger charge is -2.32. The van der Waals surface area contributed by atoms with Crippen LogP contribution in [0.2, 0.25) is 0 Å². The molecule has 0 radical (unpaired) electrons. The van der Waals surface area contributed by atoms with E-state index in [0.29, 0.717) is 29.7 Å². The van der Waals surface area contributed by atoms with E-state index in [2.05, 4.69) is 37.4 Å². The van der Waals surface area contributed by atoms with Crippen LogP contribution < -0.4 is 16.1 Å². The summed E-state index contributed by atoms with van der Waals surface area (Å²) in [6.45, 7) is 9.21. The van der Waals surface area contributed by atoms with Crippen LogP contribution in [0.5, 0.6) is 0 Å². The summed E-state index contributed by atoms with van der Waals surface area (Å²) in [6.07, 6.45) is 4.84. The minimum absolute atomic E-state index is 0.00229. The van der Waals surface area contributed by atoms with Crippen LogP contribution in [0.4, 0.5) is 5.69 Å². The number of carbonyl (C=O) groups is 2. The molecule has 1 aromatic rings. The van der Waals surface area contributed by atoms with E-state index < -0.39 is 0 Å². The minimum atomic E-state index is -0.00229. The van der Waals surface area contributed by atoms with Gasteiger partial charge in [-0.3, -0.25) is 14.5 Å². The normalized spacial score (nSPS) is 20.1. The van der Waals surface area contributed by atoms with Gasteiger partial charge in [0.1, 0.15) is 11.8 Å². The Morgan fingerprint density at radius 2 is 1.87 bits per heavy atom. The second-order valence-corrected chi connectivity index (χ2v) is 8.30. The number of rotatable bonds is 8. The number of carbonyl (C=O) groups excluding carboxylic acids is 2. The molecule has 2 N–H and O–H groups in total. The van der Waals surface area contributed by atoms with Crippen LogP contribution in [-0.2, 0) is 16.6 Å². The fourth-order valence-electron chi connectivity index (χ4n) is 3.70. The summed E-state index contributed by atoms with van der Waals surface area (Å²) in [4.78, 5) is 35.2. The van der Waals surface area contributed by atoms with Crippen LogP contribution in [0.25, 0.3) is 0 Å². The molecule has 0 aromatic carbocycles. The molecule has 9 heteroatoms. The highest BCUT2D eigenvalue weighted by Gasteiger charge is 2.14. The second-order valence-electron chi connectivity index (χ2n) is 8.30. The number of nitrogens with zero attached hydrogens (tertiary/aromatic N) is 5. The number of hydrogen-bond acceptors (Lipinski definition) is 7. The van der Waals surface area contributed by atoms with Gasteiger partial charge in [0.05, 0.1) is 0 Å². The van der Waals surface area contributed by atoms with Crippen LogP contribution in [0.15, 0.2) is 35.1 Å². The molecule has 3 rings (SSSR count). The number of nitrogens with one attached hydrogen (secondary N) is 2. The Morgan fingerprint density at radius 3 is 2.58 bits per heavy atom. The number of piperazine rings is 2. The van der Waals surface area contributed by atoms with Gasteiger partial charge in [0.25, 0.3) is 0 Å². The minimum Gasteiger partial charge on any atom is -0.336 e. The Labute approximate surface area is 184 Å². The van der Waals surface area contributed by atoms with Gasteiger partial charge in [-0.2, -0.15) is 0 Å². The van der Waals surface area contributed by atoms with Gasteiger partial charge in [-0.1, -0.05) is 0 Å². The van der Waals surface area contributed by atoms with Crippen molar-refractivity contribution in [2.24, 2.45) is 12.0 Å². The van der Waals surface area contributed by atoms with E-state index >= 15 is 0 Å². The smallest absolute Gasteiger partial charge is 0.225 e. The topological polar surface area (TPSA) is 85.2 Å². The number of likely N-dealkylation sites (N-methyl/N-ethyl adjacent to an activating group) is 1. The zero-order valence-electron chi connectivity index (χ0n) is 18.7. The third-order valence-electron chi connectivity index (χ3n) is 5.79. The van der Waals surface area contributed by atoms with Crippen LogP contribution in [0, 0.1) is 0 Å². The maximum atomic E-state index is 12.4. The summed E-state index contributed by atoms with van der Waals surface area (Å²) < 4.78 is 1.87. The quantitative estimate of drug-likeness (QED) is 0.428. The van der Waals surface area contributed by atoms with E-state index in [1.807, 2.05) is 29.9 Å². The van der Waals surface area contributed by atoms with E-state index in [-0.39, 0.29) is 5.91 Å². The number of hydrogen-bond donors (Lipinski definition) is 2. The predicted octanol–water partition coefficient (Wildman–Crippen LogP) is -0.510. The lowest BCUT2D eigenvalue weighted by atomic mass is 10.2. The van der Waals surface area contributed by atoms with Gasteiger partial charge in [-0.25, -0.2) is 4.99 Å². The van der Waals surface area contributed by atoms with Crippen molar-refractivity contribution < 1.29 is 9.59 Å². The van der Waals surface area contributed by atoms with E-state index in [9.17, 15) is 9.59 Å². The molecule has 3 heterocycles. The lowest BCUT2D eigenvalue weighted by Crippen LogP contribution is -2.45. The molecule has 0 bridgehead atoms. The van der Waals surface area contributed by atoms with Crippen molar-refractivity contribution in [2.75, 3.05) is 77.8 Å². The maximum Gasteiger partial charge on any atom is 0.225 e. The van der Waals surface area contributed by atoms with Gasteiger partial charge in [-0.15, -0.1) is 0 Å². The first-order valence-corrected chi connectivity index (χ1v) is 11.0. The van der Waals surface area contributed by atoms with E-state index in [0.717, 1.165) is 65.2 Å². The van der Waals surface area contributed by atoms with Crippen molar-refractivity contribution in [3.05, 3.63) is 35.6 Å². The van der Waals surface area contributed by atoms with Gasteiger partial charge in [0, 0.05) is 109 Å². The maximum absolute atomic E-state index is 12.4. The number of pyridine rings is 1. The monoisotopic (exact) mass is 429 g/mol. The highest BCUT2D eigenvalue weighted by atomic mass is 16.1. The van der Waals surface area contributed by atoms with Crippen molar-refractivity contribution in [3.63, 3.8) is 0 Å². The molecule has 0 spiro atoms. The lowest BCUT2D eigenvalue weighted by molar-refractivity contribution is -0.116. The Balaban J connectivity index is 1.59. The number of anilines is 1. The van der Waals surface area contributed by atoms with E-state index in [1.165, 1.54) is 0 Å². The summed E-state index contributed by atoms with van der Waals surface area (Å²) in [5.41, 5.74) is 2.04. The molecular formula is C22H35N7O2. The van der Waals surface area contributed by atoms with Gasteiger partial charge in [0.2, 0.25) is 5.91 Å². The molecule has 0 saturated carbocycles. The standard InChI is InChI=1S/C22H35N7O2/c1-26-11-13-29(14-12-26)17-19(18-30)16-24-21-15-20(3-7-27(21)2)25-22(31)4-8-28-9-5-23-6-10-28/h3,7,15-16,18,23H,4-6,8-14,17H2,1-2H3,(H,25,31)/b19-16-,24-21?. The molecule has 0 atom stereocenters. The highest BCUT2D eigenvalue weighted by molar-refractivity contribution is 5.90. The first-order chi connectivity index (χ1) is 15.0. The van der Waals surface area contributed by atoms with Crippen molar-refractivity contribution in [2.45, 2.75) is 6.42 Å². The Hall–Kier alpha value is -2.33. The summed E-state index contributed by atoms with van der Waals surface area (Å²) >= 11 is 0. The van der Waals surface area contributed by atoms with Crippen LogP contribution >= 0.6 is 0 Å². The zero-order valence-corrected chi connectivity index (χ0v) is 18.7. The summed E-state index contributed by atoms with van der Waals surface area (Å²) in [7, 11) is 4.00. The molecule has 9 nitrogen and oxygen atoms in total. The third kappa shape index (κ3) is 7.70. The first-order valence-electron chi connectivity index (χ1n) is 11.0. The third-order valence-corrected chi connectivity index (χ3v) is 5.79. The van der Waals surface area contributed by atoms with Gasteiger partial charge in [-0.05, 0) is 13.1 Å². The predicted molar refractivity (Wildman–Crippen MR) is 122 cm³/mol. The molecule has 2 fully saturated rings. The molecule has 1 amide bonds. The number of aromatic nitrogens is 1. The molecule has 0 unspecified atom stereocenters. The number of amides is 1. The average molecular weight is 430 g/mol.